The predicted octanol–water partition coefficient (Wildman–Crippen LogP) is 1.81. The number of carbonyl (C=O) groups is 5. The molecule has 1 aliphatic rings. The standard InChI is InChI=1S/C26H36N4O7/c1-6-16-8-7-9-17(14-16)22(23(33)28-15-21(32)36-5)30(18-10-11-18)24(34)19(12-13-20(27)31)29-25(35)37-26(2,3)4/h6-9,14,18-19,22H,1,10-13,15H2,2-5H3,(H2,27,31)(H,28,33)(H,29,35). The lowest BCUT2D eigenvalue weighted by atomic mass is 9.99. The van der Waals surface area contributed by atoms with Crippen LogP contribution in [0.5, 0.6) is 0 Å². The average Bonchev–Trinajstić information content (AvgIpc) is 3.66. The van der Waals surface area contributed by atoms with Gasteiger partial charge in [0, 0.05) is 12.5 Å². The van der Waals surface area contributed by atoms with E-state index in [1.165, 1.54) is 12.0 Å². The minimum atomic E-state index is -1.18. The number of alkyl carbamates (subject to hydrolysis) is 1. The summed E-state index contributed by atoms with van der Waals surface area (Å²) in [6.45, 7) is 8.40. The number of amides is 4. The molecular formula is C26H36N4O7. The molecule has 0 spiro atoms. The second-order valence-corrected chi connectivity index (χ2v) is 9.75. The van der Waals surface area contributed by atoms with Gasteiger partial charge in [-0.1, -0.05) is 30.9 Å². The molecule has 0 heterocycles. The van der Waals surface area contributed by atoms with Crippen molar-refractivity contribution in [3.63, 3.8) is 0 Å². The van der Waals surface area contributed by atoms with Gasteiger partial charge in [-0.05, 0) is 57.2 Å². The second-order valence-electron chi connectivity index (χ2n) is 9.75. The molecule has 1 aromatic carbocycles. The summed E-state index contributed by atoms with van der Waals surface area (Å²) in [6.07, 6.45) is 1.79. The van der Waals surface area contributed by atoms with Crippen LogP contribution in [0.25, 0.3) is 6.08 Å². The molecule has 11 nitrogen and oxygen atoms in total. The highest BCUT2D eigenvalue weighted by Crippen LogP contribution is 2.36. The Morgan fingerprint density at radius 2 is 1.89 bits per heavy atom. The van der Waals surface area contributed by atoms with Crippen LogP contribution in [0.1, 0.15) is 63.6 Å². The van der Waals surface area contributed by atoms with Gasteiger partial charge in [-0.2, -0.15) is 0 Å². The van der Waals surface area contributed by atoms with Gasteiger partial charge in [0.25, 0.3) is 0 Å². The fourth-order valence-electron chi connectivity index (χ4n) is 3.67. The largest absolute Gasteiger partial charge is 0.468 e. The molecule has 2 atom stereocenters. The van der Waals surface area contributed by atoms with Crippen LogP contribution in [0.3, 0.4) is 0 Å². The Morgan fingerprint density at radius 1 is 1.22 bits per heavy atom. The van der Waals surface area contributed by atoms with E-state index in [1.54, 1.807) is 51.1 Å². The number of ether oxygens (including phenoxy) is 2. The van der Waals surface area contributed by atoms with Crippen LogP contribution in [0.4, 0.5) is 4.79 Å². The summed E-state index contributed by atoms with van der Waals surface area (Å²) in [7, 11) is 1.20. The van der Waals surface area contributed by atoms with E-state index in [1.807, 2.05) is 0 Å². The summed E-state index contributed by atoms with van der Waals surface area (Å²) < 4.78 is 9.92. The van der Waals surface area contributed by atoms with Crippen molar-refractivity contribution >= 4 is 35.9 Å². The molecular weight excluding hydrogens is 480 g/mol. The molecule has 2 unspecified atom stereocenters. The average molecular weight is 517 g/mol. The van der Waals surface area contributed by atoms with Crippen LogP contribution in [-0.2, 0) is 28.7 Å². The van der Waals surface area contributed by atoms with Gasteiger partial charge < -0.3 is 30.7 Å². The molecule has 0 radical (unpaired) electrons. The van der Waals surface area contributed by atoms with E-state index in [2.05, 4.69) is 21.9 Å². The van der Waals surface area contributed by atoms with Crippen LogP contribution in [-0.4, -0.2) is 66.0 Å². The first kappa shape index (κ1) is 29.3. The lowest BCUT2D eigenvalue weighted by Crippen LogP contribution is -2.54. The second kappa shape index (κ2) is 12.9. The van der Waals surface area contributed by atoms with E-state index in [-0.39, 0.29) is 25.4 Å². The van der Waals surface area contributed by atoms with Crippen molar-refractivity contribution in [1.29, 1.82) is 0 Å². The number of primary amides is 1. The fraction of sp³-hybridized carbons (Fsp3) is 0.500. The fourth-order valence-corrected chi connectivity index (χ4v) is 3.67. The van der Waals surface area contributed by atoms with E-state index in [0.717, 1.165) is 5.56 Å². The molecule has 4 amide bonds. The third-order valence-corrected chi connectivity index (χ3v) is 5.49. The third kappa shape index (κ3) is 9.25. The Hall–Kier alpha value is -3.89. The maximum atomic E-state index is 13.9. The molecule has 0 bridgehead atoms. The number of hydrogen-bond donors (Lipinski definition) is 3. The van der Waals surface area contributed by atoms with E-state index in [0.29, 0.717) is 18.4 Å². The van der Waals surface area contributed by atoms with Crippen LogP contribution in [0, 0.1) is 0 Å². The van der Waals surface area contributed by atoms with Crippen molar-refractivity contribution in [2.24, 2.45) is 5.73 Å². The molecule has 0 saturated heterocycles. The Balaban J connectivity index is 2.47. The molecule has 11 heteroatoms. The van der Waals surface area contributed by atoms with E-state index < -0.39 is 47.5 Å². The number of nitrogens with two attached hydrogens (primary N) is 1. The predicted molar refractivity (Wildman–Crippen MR) is 136 cm³/mol. The highest BCUT2D eigenvalue weighted by Gasteiger charge is 2.44. The molecule has 202 valence electrons. The van der Waals surface area contributed by atoms with Gasteiger partial charge in [0.15, 0.2) is 0 Å². The summed E-state index contributed by atoms with van der Waals surface area (Å²) >= 11 is 0. The molecule has 0 aliphatic heterocycles. The molecule has 1 aliphatic carbocycles. The molecule has 4 N–H and O–H groups in total. The molecule has 2 rings (SSSR count). The summed E-state index contributed by atoms with van der Waals surface area (Å²) in [5, 5.41) is 5.07. The number of esters is 1. The Bertz CT molecular complexity index is 1030. The van der Waals surface area contributed by atoms with Gasteiger partial charge in [-0.25, -0.2) is 4.79 Å². The smallest absolute Gasteiger partial charge is 0.408 e. The summed E-state index contributed by atoms with van der Waals surface area (Å²) in [4.78, 5) is 64.5. The molecule has 37 heavy (non-hydrogen) atoms. The number of nitrogens with zero attached hydrogens (tertiary/aromatic N) is 1. The highest BCUT2D eigenvalue weighted by molar-refractivity contribution is 5.94. The normalized spacial score (nSPS) is 14.5. The third-order valence-electron chi connectivity index (χ3n) is 5.49. The first-order chi connectivity index (χ1) is 17.4. The first-order valence-corrected chi connectivity index (χ1v) is 12.0. The number of rotatable bonds is 12. The van der Waals surface area contributed by atoms with Crippen LogP contribution < -0.4 is 16.4 Å². The van der Waals surface area contributed by atoms with Crippen molar-refractivity contribution in [3.8, 4) is 0 Å². The van der Waals surface area contributed by atoms with Gasteiger partial charge in [-0.3, -0.25) is 19.2 Å². The number of methoxy groups -OCH3 is 1. The van der Waals surface area contributed by atoms with E-state index in [9.17, 15) is 24.0 Å². The summed E-state index contributed by atoms with van der Waals surface area (Å²) in [5.74, 6) is -2.47. The quantitative estimate of drug-likeness (QED) is 0.358. The SMILES string of the molecule is C=Cc1cccc(C(C(=O)NCC(=O)OC)N(C(=O)C(CCC(N)=O)NC(=O)OC(C)(C)C)C2CC2)c1. The zero-order valence-corrected chi connectivity index (χ0v) is 21.7. The van der Waals surface area contributed by atoms with Crippen LogP contribution in [0.2, 0.25) is 0 Å². The zero-order chi connectivity index (χ0) is 27.8. The maximum absolute atomic E-state index is 13.9. The lowest BCUT2D eigenvalue weighted by molar-refractivity contribution is -0.145. The van der Waals surface area contributed by atoms with Gasteiger partial charge in [0.1, 0.15) is 24.2 Å². The highest BCUT2D eigenvalue weighted by atomic mass is 16.6. The summed E-state index contributed by atoms with van der Waals surface area (Å²) in [6, 6.07) is 4.34. The van der Waals surface area contributed by atoms with Crippen molar-refractivity contribution in [2.75, 3.05) is 13.7 Å². The molecule has 1 saturated carbocycles. The van der Waals surface area contributed by atoms with Crippen molar-refractivity contribution in [2.45, 2.75) is 70.2 Å². The first-order valence-electron chi connectivity index (χ1n) is 12.0. The van der Waals surface area contributed by atoms with Gasteiger partial charge in [-0.15, -0.1) is 0 Å². The Labute approximate surface area is 216 Å². The molecule has 0 aromatic heterocycles. The summed E-state index contributed by atoms with van der Waals surface area (Å²) in [5.41, 5.74) is 5.71. The van der Waals surface area contributed by atoms with Crippen molar-refractivity contribution < 1.29 is 33.4 Å². The lowest BCUT2D eigenvalue weighted by Gasteiger charge is -2.34. The van der Waals surface area contributed by atoms with Crippen LogP contribution in [0.15, 0.2) is 30.8 Å². The number of nitrogens with one attached hydrogen (secondary N) is 2. The minimum absolute atomic E-state index is 0.0835. The molecule has 1 aromatic rings. The van der Waals surface area contributed by atoms with Crippen molar-refractivity contribution in [1.82, 2.24) is 15.5 Å². The van der Waals surface area contributed by atoms with E-state index >= 15 is 0 Å². The van der Waals surface area contributed by atoms with Gasteiger partial charge in [0.05, 0.1) is 7.11 Å². The minimum Gasteiger partial charge on any atom is -0.468 e. The maximum Gasteiger partial charge on any atom is 0.408 e. The number of carbonyl (C=O) groups excluding carboxylic acids is 5. The molecule has 1 fully saturated rings. The van der Waals surface area contributed by atoms with Gasteiger partial charge >= 0.3 is 12.1 Å². The number of benzene rings is 1. The topological polar surface area (TPSA) is 157 Å². The van der Waals surface area contributed by atoms with Gasteiger partial charge in [0.2, 0.25) is 17.7 Å². The number of hydrogen-bond acceptors (Lipinski definition) is 7. The Kier molecular flexibility index (Phi) is 10.2. The van der Waals surface area contributed by atoms with Crippen molar-refractivity contribution in [3.05, 3.63) is 42.0 Å². The van der Waals surface area contributed by atoms with Crippen LogP contribution >= 0.6 is 0 Å². The van der Waals surface area contributed by atoms with E-state index in [4.69, 9.17) is 10.5 Å². The Morgan fingerprint density at radius 3 is 2.43 bits per heavy atom. The zero-order valence-electron chi connectivity index (χ0n) is 21.7. The monoisotopic (exact) mass is 516 g/mol.